The van der Waals surface area contributed by atoms with E-state index in [4.69, 9.17) is 11.6 Å². The largest absolute Gasteiger partial charge is 0.326 e. The first-order valence-corrected chi connectivity index (χ1v) is 13.5. The molecule has 1 N–H and O–H groups in total. The highest BCUT2D eigenvalue weighted by Crippen LogP contribution is 2.28. The second-order valence-corrected chi connectivity index (χ2v) is 11.5. The second kappa shape index (κ2) is 9.85. The zero-order chi connectivity index (χ0) is 24.5. The quantitative estimate of drug-likeness (QED) is 0.526. The van der Waals surface area contributed by atoms with Crippen molar-refractivity contribution < 1.29 is 18.0 Å². The highest BCUT2D eigenvalue weighted by Gasteiger charge is 2.36. The molecule has 1 aliphatic heterocycles. The SMILES string of the molecule is CC(C)CC(=O)N1Cc2ccccc2CC1C(=O)NS(=O)(=O)c1csc(-c2ccc(Cl)cc2)n1. The minimum atomic E-state index is -4.22. The number of rotatable bonds is 6. The van der Waals surface area contributed by atoms with E-state index in [1.807, 2.05) is 38.1 Å². The Kier molecular flexibility index (Phi) is 7.06. The molecule has 0 aliphatic carbocycles. The number of nitrogens with one attached hydrogen (secondary N) is 1. The molecule has 3 aromatic rings. The summed E-state index contributed by atoms with van der Waals surface area (Å²) in [5, 5.41) is 2.19. The molecule has 0 fully saturated rings. The summed E-state index contributed by atoms with van der Waals surface area (Å²) in [6.45, 7) is 4.11. The van der Waals surface area contributed by atoms with E-state index in [1.54, 1.807) is 24.3 Å². The molecular formula is C24H24ClN3O4S2. The lowest BCUT2D eigenvalue weighted by molar-refractivity contribution is -0.141. The molecule has 2 aromatic carbocycles. The molecule has 4 rings (SSSR count). The molecule has 0 saturated carbocycles. The minimum Gasteiger partial charge on any atom is -0.326 e. The number of carbonyl (C=O) groups is 2. The molecule has 34 heavy (non-hydrogen) atoms. The molecule has 1 unspecified atom stereocenters. The van der Waals surface area contributed by atoms with Crippen LogP contribution in [0.3, 0.4) is 0 Å². The Morgan fingerprint density at radius 3 is 2.50 bits per heavy atom. The average molecular weight is 518 g/mol. The zero-order valence-corrected chi connectivity index (χ0v) is 21.1. The van der Waals surface area contributed by atoms with Crippen LogP contribution in [0, 0.1) is 5.92 Å². The molecule has 2 amide bonds. The van der Waals surface area contributed by atoms with Crippen LogP contribution in [0.4, 0.5) is 0 Å². The smallest absolute Gasteiger partial charge is 0.282 e. The van der Waals surface area contributed by atoms with E-state index < -0.39 is 22.0 Å². The van der Waals surface area contributed by atoms with E-state index in [0.717, 1.165) is 28.0 Å². The molecule has 2 heterocycles. The predicted molar refractivity (Wildman–Crippen MR) is 132 cm³/mol. The number of thiazole rings is 1. The Hall–Kier alpha value is -2.75. The number of fused-ring (bicyclic) bond motifs is 1. The number of halogens is 1. The molecule has 1 aliphatic rings. The van der Waals surface area contributed by atoms with Gasteiger partial charge in [-0.1, -0.05) is 61.8 Å². The van der Waals surface area contributed by atoms with Gasteiger partial charge in [0.2, 0.25) is 5.91 Å². The third kappa shape index (κ3) is 5.32. The summed E-state index contributed by atoms with van der Waals surface area (Å²) in [6, 6.07) is 13.5. The number of nitrogens with zero attached hydrogens (tertiary/aromatic N) is 2. The molecule has 0 spiro atoms. The van der Waals surface area contributed by atoms with Crippen LogP contribution in [-0.2, 0) is 32.6 Å². The first-order valence-electron chi connectivity index (χ1n) is 10.8. The van der Waals surface area contributed by atoms with E-state index in [9.17, 15) is 18.0 Å². The number of hydrogen-bond acceptors (Lipinski definition) is 6. The highest BCUT2D eigenvalue weighted by atomic mass is 35.5. The Bertz CT molecular complexity index is 1320. The molecule has 10 heteroatoms. The van der Waals surface area contributed by atoms with E-state index >= 15 is 0 Å². The van der Waals surface area contributed by atoms with Gasteiger partial charge in [-0.15, -0.1) is 11.3 Å². The maximum absolute atomic E-state index is 13.2. The van der Waals surface area contributed by atoms with Gasteiger partial charge in [0.25, 0.3) is 15.9 Å². The number of aromatic nitrogens is 1. The summed E-state index contributed by atoms with van der Waals surface area (Å²) in [5.41, 5.74) is 2.60. The number of benzene rings is 2. The Labute approximate surface area is 207 Å². The van der Waals surface area contributed by atoms with Crippen molar-refractivity contribution >= 4 is 44.8 Å². The lowest BCUT2D eigenvalue weighted by atomic mass is 9.93. The summed E-state index contributed by atoms with van der Waals surface area (Å²) >= 11 is 7.06. The van der Waals surface area contributed by atoms with Crippen LogP contribution in [0.2, 0.25) is 5.02 Å². The van der Waals surface area contributed by atoms with Gasteiger partial charge in [-0.05, 0) is 29.2 Å². The lowest BCUT2D eigenvalue weighted by Gasteiger charge is -2.36. The van der Waals surface area contributed by atoms with Gasteiger partial charge in [0.1, 0.15) is 11.0 Å². The van der Waals surface area contributed by atoms with E-state index in [2.05, 4.69) is 9.71 Å². The van der Waals surface area contributed by atoms with Crippen molar-refractivity contribution in [2.24, 2.45) is 5.92 Å². The summed E-state index contributed by atoms with van der Waals surface area (Å²) in [7, 11) is -4.22. The van der Waals surface area contributed by atoms with Crippen LogP contribution < -0.4 is 4.72 Å². The molecular weight excluding hydrogens is 494 g/mol. The lowest BCUT2D eigenvalue weighted by Crippen LogP contribution is -2.53. The van der Waals surface area contributed by atoms with Crippen molar-refractivity contribution in [3.63, 3.8) is 0 Å². The van der Waals surface area contributed by atoms with Gasteiger partial charge in [0.15, 0.2) is 5.03 Å². The van der Waals surface area contributed by atoms with Crippen molar-refractivity contribution in [2.75, 3.05) is 0 Å². The molecule has 0 radical (unpaired) electrons. The molecule has 0 saturated heterocycles. The third-order valence-electron chi connectivity index (χ3n) is 5.54. The van der Waals surface area contributed by atoms with Gasteiger partial charge in [0, 0.05) is 35.4 Å². The number of hydrogen-bond donors (Lipinski definition) is 1. The maximum Gasteiger partial charge on any atom is 0.282 e. The summed E-state index contributed by atoms with van der Waals surface area (Å²) < 4.78 is 28.1. The van der Waals surface area contributed by atoms with Crippen molar-refractivity contribution in [1.82, 2.24) is 14.6 Å². The second-order valence-electron chi connectivity index (χ2n) is 8.58. The van der Waals surface area contributed by atoms with Gasteiger partial charge >= 0.3 is 0 Å². The van der Waals surface area contributed by atoms with Gasteiger partial charge < -0.3 is 4.90 Å². The van der Waals surface area contributed by atoms with Gasteiger partial charge in [0.05, 0.1) is 0 Å². The van der Waals surface area contributed by atoms with Crippen molar-refractivity contribution in [2.45, 2.75) is 44.3 Å². The normalized spacial score (nSPS) is 15.8. The molecule has 1 atom stereocenters. The number of amides is 2. The highest BCUT2D eigenvalue weighted by molar-refractivity contribution is 7.90. The standard InChI is InChI=1S/C24H24ClN3O4S2/c1-15(2)11-22(29)28-13-18-6-4-3-5-17(18)12-20(28)23(30)27-34(31,32)21-14-33-24(26-21)16-7-9-19(25)10-8-16/h3-10,14-15,20H,11-13H2,1-2H3,(H,27,30). The van der Waals surface area contributed by atoms with E-state index in [-0.39, 0.29) is 36.2 Å². The van der Waals surface area contributed by atoms with Crippen LogP contribution in [0.5, 0.6) is 0 Å². The van der Waals surface area contributed by atoms with Crippen LogP contribution in [0.15, 0.2) is 58.9 Å². The van der Waals surface area contributed by atoms with Crippen molar-refractivity contribution in [3.8, 4) is 10.6 Å². The molecule has 7 nitrogen and oxygen atoms in total. The molecule has 1 aromatic heterocycles. The first-order chi connectivity index (χ1) is 16.1. The van der Waals surface area contributed by atoms with Crippen LogP contribution in [0.1, 0.15) is 31.4 Å². The predicted octanol–water partition coefficient (Wildman–Crippen LogP) is 4.27. The number of carbonyl (C=O) groups excluding carboxylic acids is 2. The maximum atomic E-state index is 13.2. The fourth-order valence-electron chi connectivity index (χ4n) is 3.85. The Balaban J connectivity index is 1.57. The Morgan fingerprint density at radius 2 is 1.82 bits per heavy atom. The van der Waals surface area contributed by atoms with Crippen LogP contribution >= 0.6 is 22.9 Å². The minimum absolute atomic E-state index is 0.110. The first kappa shape index (κ1) is 24.4. The van der Waals surface area contributed by atoms with Crippen molar-refractivity contribution in [3.05, 3.63) is 70.1 Å². The van der Waals surface area contributed by atoms with E-state index in [0.29, 0.717) is 10.0 Å². The van der Waals surface area contributed by atoms with Crippen LogP contribution in [-0.4, -0.2) is 36.2 Å². The summed E-state index contributed by atoms with van der Waals surface area (Å²) in [4.78, 5) is 31.8. The fourth-order valence-corrected chi connectivity index (χ4v) is 6.09. The van der Waals surface area contributed by atoms with Crippen LogP contribution in [0.25, 0.3) is 10.6 Å². The molecule has 178 valence electrons. The zero-order valence-electron chi connectivity index (χ0n) is 18.7. The third-order valence-corrected chi connectivity index (χ3v) is 8.06. The van der Waals surface area contributed by atoms with Gasteiger partial charge in [-0.2, -0.15) is 8.42 Å². The molecule has 0 bridgehead atoms. The summed E-state index contributed by atoms with van der Waals surface area (Å²) in [6.07, 6.45) is 0.518. The van der Waals surface area contributed by atoms with Gasteiger partial charge in [-0.25, -0.2) is 9.71 Å². The van der Waals surface area contributed by atoms with Crippen molar-refractivity contribution in [1.29, 1.82) is 0 Å². The average Bonchev–Trinajstić information content (AvgIpc) is 3.29. The fraction of sp³-hybridized carbons (Fsp3) is 0.292. The number of sulfonamides is 1. The topological polar surface area (TPSA) is 96.4 Å². The monoisotopic (exact) mass is 517 g/mol. The Morgan fingerprint density at radius 1 is 1.15 bits per heavy atom. The summed E-state index contributed by atoms with van der Waals surface area (Å²) in [5.74, 6) is -0.813. The van der Waals surface area contributed by atoms with Gasteiger partial charge in [-0.3, -0.25) is 9.59 Å². The van der Waals surface area contributed by atoms with E-state index in [1.165, 1.54) is 10.3 Å².